The number of amides is 2. The average molecular weight is 393 g/mol. The van der Waals surface area contributed by atoms with Crippen molar-refractivity contribution in [1.29, 1.82) is 0 Å². The minimum absolute atomic E-state index is 0.0138. The lowest BCUT2D eigenvalue weighted by Gasteiger charge is -2.31. The number of carbonyl (C=O) groups excluding carboxylic acids is 2. The van der Waals surface area contributed by atoms with Gasteiger partial charge < -0.3 is 10.2 Å². The SMILES string of the molecule is O=C(Nc1cccc(Cl)c1)C1CCN(C(=O)c2ccc3ccccc3c2)CC1. The van der Waals surface area contributed by atoms with E-state index < -0.39 is 0 Å². The molecule has 0 bridgehead atoms. The summed E-state index contributed by atoms with van der Waals surface area (Å²) < 4.78 is 0. The van der Waals surface area contributed by atoms with Gasteiger partial charge in [0.2, 0.25) is 5.91 Å². The number of nitrogens with zero attached hydrogens (tertiary/aromatic N) is 1. The Bertz CT molecular complexity index is 1030. The zero-order valence-electron chi connectivity index (χ0n) is 15.4. The molecule has 1 aliphatic rings. The van der Waals surface area contributed by atoms with Gasteiger partial charge in [-0.3, -0.25) is 9.59 Å². The van der Waals surface area contributed by atoms with Crippen LogP contribution < -0.4 is 5.32 Å². The first kappa shape index (κ1) is 18.5. The summed E-state index contributed by atoms with van der Waals surface area (Å²) in [4.78, 5) is 27.2. The fourth-order valence-electron chi connectivity index (χ4n) is 3.66. The van der Waals surface area contributed by atoms with Gasteiger partial charge in [-0.1, -0.05) is 48.0 Å². The van der Waals surface area contributed by atoms with Crippen molar-refractivity contribution in [1.82, 2.24) is 4.90 Å². The van der Waals surface area contributed by atoms with Crippen molar-refractivity contribution in [2.75, 3.05) is 18.4 Å². The molecule has 3 aromatic rings. The van der Waals surface area contributed by atoms with E-state index in [9.17, 15) is 9.59 Å². The number of piperidine rings is 1. The standard InChI is InChI=1S/C23H21ClN2O2/c24-20-6-3-7-21(15-20)25-22(27)17-10-12-26(13-11-17)23(28)19-9-8-16-4-1-2-5-18(16)14-19/h1-9,14-15,17H,10-13H2,(H,25,27). The van der Waals surface area contributed by atoms with E-state index in [1.807, 2.05) is 59.5 Å². The highest BCUT2D eigenvalue weighted by Crippen LogP contribution is 2.23. The molecule has 4 rings (SSSR count). The molecule has 0 aliphatic carbocycles. The highest BCUT2D eigenvalue weighted by Gasteiger charge is 2.28. The molecule has 1 fully saturated rings. The first-order valence-electron chi connectivity index (χ1n) is 9.45. The lowest BCUT2D eigenvalue weighted by Crippen LogP contribution is -2.41. The summed E-state index contributed by atoms with van der Waals surface area (Å²) in [6, 6.07) is 20.9. The molecule has 1 heterocycles. The summed E-state index contributed by atoms with van der Waals surface area (Å²) in [5.41, 5.74) is 1.40. The molecular weight excluding hydrogens is 372 g/mol. The van der Waals surface area contributed by atoms with E-state index in [4.69, 9.17) is 11.6 Å². The molecular formula is C23H21ClN2O2. The minimum atomic E-state index is -0.0976. The molecule has 142 valence electrons. The molecule has 1 saturated heterocycles. The van der Waals surface area contributed by atoms with Crippen molar-refractivity contribution in [2.45, 2.75) is 12.8 Å². The number of rotatable bonds is 3. The van der Waals surface area contributed by atoms with Crippen molar-refractivity contribution < 1.29 is 9.59 Å². The maximum absolute atomic E-state index is 12.9. The second-order valence-electron chi connectivity index (χ2n) is 7.13. The molecule has 1 aliphatic heterocycles. The van der Waals surface area contributed by atoms with E-state index in [2.05, 4.69) is 5.32 Å². The Morgan fingerprint density at radius 1 is 0.893 bits per heavy atom. The fraction of sp³-hybridized carbons (Fsp3) is 0.217. The smallest absolute Gasteiger partial charge is 0.253 e. The average Bonchev–Trinajstić information content (AvgIpc) is 2.73. The van der Waals surface area contributed by atoms with Gasteiger partial charge in [-0.2, -0.15) is 0 Å². The van der Waals surface area contributed by atoms with E-state index in [1.165, 1.54) is 0 Å². The van der Waals surface area contributed by atoms with Crippen molar-refractivity contribution in [2.24, 2.45) is 5.92 Å². The summed E-state index contributed by atoms with van der Waals surface area (Å²) in [7, 11) is 0. The number of likely N-dealkylation sites (tertiary alicyclic amines) is 1. The topological polar surface area (TPSA) is 49.4 Å². The highest BCUT2D eigenvalue weighted by atomic mass is 35.5. The Morgan fingerprint density at radius 3 is 2.39 bits per heavy atom. The molecule has 0 unspecified atom stereocenters. The van der Waals surface area contributed by atoms with E-state index >= 15 is 0 Å². The van der Waals surface area contributed by atoms with Crippen LogP contribution in [0.5, 0.6) is 0 Å². The van der Waals surface area contributed by atoms with Gasteiger partial charge in [0, 0.05) is 35.3 Å². The molecule has 4 nitrogen and oxygen atoms in total. The summed E-state index contributed by atoms with van der Waals surface area (Å²) >= 11 is 5.97. The molecule has 1 N–H and O–H groups in total. The van der Waals surface area contributed by atoms with Crippen molar-refractivity contribution in [3.63, 3.8) is 0 Å². The monoisotopic (exact) mass is 392 g/mol. The van der Waals surface area contributed by atoms with E-state index in [1.54, 1.807) is 12.1 Å². The third kappa shape index (κ3) is 4.02. The van der Waals surface area contributed by atoms with Crippen LogP contribution in [0.1, 0.15) is 23.2 Å². The van der Waals surface area contributed by atoms with Crippen LogP contribution in [0.2, 0.25) is 5.02 Å². The predicted octanol–water partition coefficient (Wildman–Crippen LogP) is 4.98. The van der Waals surface area contributed by atoms with Crippen molar-refractivity contribution in [3.05, 3.63) is 77.3 Å². The Morgan fingerprint density at radius 2 is 1.64 bits per heavy atom. The molecule has 0 radical (unpaired) electrons. The quantitative estimate of drug-likeness (QED) is 0.683. The van der Waals surface area contributed by atoms with Crippen LogP contribution in [-0.4, -0.2) is 29.8 Å². The van der Waals surface area contributed by atoms with Crippen LogP contribution >= 0.6 is 11.6 Å². The molecule has 0 aromatic heterocycles. The number of halogens is 1. The number of nitrogens with one attached hydrogen (secondary N) is 1. The van der Waals surface area contributed by atoms with Crippen LogP contribution in [0.25, 0.3) is 10.8 Å². The number of benzene rings is 3. The maximum atomic E-state index is 12.9. The number of hydrogen-bond donors (Lipinski definition) is 1. The number of carbonyl (C=O) groups is 2. The van der Waals surface area contributed by atoms with Crippen molar-refractivity contribution in [3.8, 4) is 0 Å². The molecule has 5 heteroatoms. The number of anilines is 1. The van der Waals surface area contributed by atoms with Crippen LogP contribution in [0, 0.1) is 5.92 Å². The van der Waals surface area contributed by atoms with E-state index in [-0.39, 0.29) is 17.7 Å². The summed E-state index contributed by atoms with van der Waals surface area (Å²) in [5, 5.41) is 5.69. The maximum Gasteiger partial charge on any atom is 0.253 e. The van der Waals surface area contributed by atoms with Crippen molar-refractivity contribution >= 4 is 39.9 Å². The summed E-state index contributed by atoms with van der Waals surface area (Å²) in [5.74, 6) is -0.0841. The van der Waals surface area contributed by atoms with Crippen LogP contribution in [0.4, 0.5) is 5.69 Å². The van der Waals surface area contributed by atoms with Gasteiger partial charge in [0.15, 0.2) is 0 Å². The molecule has 2 amide bonds. The Labute approximate surface area is 169 Å². The first-order chi connectivity index (χ1) is 13.6. The predicted molar refractivity (Wildman–Crippen MR) is 113 cm³/mol. The van der Waals surface area contributed by atoms with Gasteiger partial charge in [-0.15, -0.1) is 0 Å². The second-order valence-corrected chi connectivity index (χ2v) is 7.56. The van der Waals surface area contributed by atoms with E-state index in [0.717, 1.165) is 10.8 Å². The lowest BCUT2D eigenvalue weighted by atomic mass is 9.95. The summed E-state index contributed by atoms with van der Waals surface area (Å²) in [6.45, 7) is 1.17. The third-order valence-electron chi connectivity index (χ3n) is 5.24. The largest absolute Gasteiger partial charge is 0.339 e. The molecule has 0 spiro atoms. The van der Waals surface area contributed by atoms with Gasteiger partial charge >= 0.3 is 0 Å². The van der Waals surface area contributed by atoms with Crippen LogP contribution in [0.15, 0.2) is 66.7 Å². The first-order valence-corrected chi connectivity index (χ1v) is 9.82. The Kier molecular flexibility index (Phi) is 5.31. The third-order valence-corrected chi connectivity index (χ3v) is 5.48. The number of hydrogen-bond acceptors (Lipinski definition) is 2. The minimum Gasteiger partial charge on any atom is -0.339 e. The van der Waals surface area contributed by atoms with Gasteiger partial charge in [0.05, 0.1) is 0 Å². The molecule has 0 saturated carbocycles. The van der Waals surface area contributed by atoms with E-state index in [0.29, 0.717) is 42.2 Å². The zero-order chi connectivity index (χ0) is 19.5. The van der Waals surface area contributed by atoms with Gasteiger partial charge in [-0.05, 0) is 53.9 Å². The van der Waals surface area contributed by atoms with Crippen LogP contribution in [-0.2, 0) is 4.79 Å². The van der Waals surface area contributed by atoms with Gasteiger partial charge in [0.1, 0.15) is 0 Å². The second kappa shape index (κ2) is 8.03. The molecule has 0 atom stereocenters. The normalized spacial score (nSPS) is 14.8. The lowest BCUT2D eigenvalue weighted by molar-refractivity contribution is -0.121. The fourth-order valence-corrected chi connectivity index (χ4v) is 3.85. The summed E-state index contributed by atoms with van der Waals surface area (Å²) in [6.07, 6.45) is 1.32. The molecule has 3 aromatic carbocycles. The van der Waals surface area contributed by atoms with Gasteiger partial charge in [-0.25, -0.2) is 0 Å². The Balaban J connectivity index is 1.37. The highest BCUT2D eigenvalue weighted by molar-refractivity contribution is 6.30. The van der Waals surface area contributed by atoms with Gasteiger partial charge in [0.25, 0.3) is 5.91 Å². The molecule has 28 heavy (non-hydrogen) atoms. The van der Waals surface area contributed by atoms with Crippen LogP contribution in [0.3, 0.4) is 0 Å². The zero-order valence-corrected chi connectivity index (χ0v) is 16.2. The number of fused-ring (bicyclic) bond motifs is 1. The Hall–Kier alpha value is -2.85.